The number of likely N-dealkylation sites (tertiary alicyclic amines) is 1. The molecule has 3 fully saturated rings. The molecule has 2 aromatic heterocycles. The second-order valence-corrected chi connectivity index (χ2v) is 15.7. The maximum Gasteiger partial charge on any atom is 0.290 e. The van der Waals surface area contributed by atoms with Crippen LogP contribution >= 0.6 is 34.7 Å². The highest BCUT2D eigenvalue weighted by molar-refractivity contribution is 8.00. The first-order valence-corrected chi connectivity index (χ1v) is 19.7. The monoisotopic (exact) mass is 806 g/mol. The predicted molar refractivity (Wildman–Crippen MR) is 200 cm³/mol. The number of thioether (sulfide) groups is 1. The van der Waals surface area contributed by atoms with Crippen molar-refractivity contribution in [1.82, 2.24) is 20.1 Å². The number of halogens is 1. The highest BCUT2D eigenvalue weighted by atomic mass is 35.5. The smallest absolute Gasteiger partial charge is 0.290 e. The lowest BCUT2D eigenvalue weighted by atomic mass is 10.0. The summed E-state index contributed by atoms with van der Waals surface area (Å²) in [4.78, 5) is 77.7. The normalized spacial score (nSPS) is 20.8. The van der Waals surface area contributed by atoms with Crippen molar-refractivity contribution in [2.45, 2.75) is 62.7 Å². The van der Waals surface area contributed by atoms with Crippen molar-refractivity contribution >= 4 is 80.8 Å². The SMILES string of the molecule is Nc1nc(C(=NOC2CCCC2)C(=O)N[C@@H]2C(=O)N3C(C(=O)[O-])=C(C=C4CCN(Cc5cc[n+](CC(=O)Nc6ccc(O)c(Cl)c6)cc5)C4=O)CS[C@H]23)cs1. The van der Waals surface area contributed by atoms with E-state index < -0.39 is 29.2 Å². The lowest BCUT2D eigenvalue weighted by Crippen LogP contribution is -2.71. The van der Waals surface area contributed by atoms with Crippen molar-refractivity contribution in [3.63, 3.8) is 0 Å². The summed E-state index contributed by atoms with van der Waals surface area (Å²) < 4.78 is 1.67. The number of carbonyl (C=O) groups excluding carboxylic acids is 5. The maximum absolute atomic E-state index is 13.4. The van der Waals surface area contributed by atoms with Crippen LogP contribution in [0.25, 0.3) is 0 Å². The Kier molecular flexibility index (Phi) is 11.1. The molecular formula is C36H35ClN8O8S2. The third kappa shape index (κ3) is 8.30. The zero-order chi connectivity index (χ0) is 38.8. The molecule has 4 aliphatic rings. The molecule has 55 heavy (non-hydrogen) atoms. The van der Waals surface area contributed by atoms with Crippen LogP contribution in [0.2, 0.25) is 5.02 Å². The number of rotatable bonds is 12. The van der Waals surface area contributed by atoms with Gasteiger partial charge in [0.2, 0.25) is 12.5 Å². The minimum absolute atomic E-state index is 0.0163. The number of fused-ring (bicyclic) bond motifs is 1. The minimum atomic E-state index is -1.57. The number of aliphatic carboxylic acids is 1. The number of nitrogens with one attached hydrogen (secondary N) is 2. The van der Waals surface area contributed by atoms with Gasteiger partial charge in [-0.3, -0.25) is 24.1 Å². The van der Waals surface area contributed by atoms with Crippen LogP contribution in [-0.4, -0.2) is 85.0 Å². The highest BCUT2D eigenvalue weighted by Crippen LogP contribution is 2.41. The Balaban J connectivity index is 0.977. The first-order chi connectivity index (χ1) is 26.4. The number of oxime groups is 1. The number of carboxylic acid groups (broad SMARTS) is 1. The molecule has 2 saturated heterocycles. The van der Waals surface area contributed by atoms with E-state index in [2.05, 4.69) is 20.8 Å². The first-order valence-electron chi connectivity index (χ1n) is 17.4. The molecule has 1 aliphatic carbocycles. The van der Waals surface area contributed by atoms with Crippen molar-refractivity contribution < 1.29 is 43.6 Å². The summed E-state index contributed by atoms with van der Waals surface area (Å²) in [7, 11) is 0. The maximum atomic E-state index is 13.4. The summed E-state index contributed by atoms with van der Waals surface area (Å²) in [6.45, 7) is 0.702. The molecular weight excluding hydrogens is 772 g/mol. The van der Waals surface area contributed by atoms with Crippen molar-refractivity contribution in [3.8, 4) is 5.75 Å². The number of benzene rings is 1. The van der Waals surface area contributed by atoms with Gasteiger partial charge in [-0.2, -0.15) is 4.57 Å². The van der Waals surface area contributed by atoms with Crippen LogP contribution < -0.4 is 26.0 Å². The number of aromatic hydroxyl groups is 1. The molecule has 0 spiro atoms. The van der Waals surface area contributed by atoms with Crippen LogP contribution in [-0.2, 0) is 41.9 Å². The van der Waals surface area contributed by atoms with Crippen LogP contribution in [0.3, 0.4) is 0 Å². The van der Waals surface area contributed by atoms with Crippen LogP contribution in [0.1, 0.15) is 43.4 Å². The van der Waals surface area contributed by atoms with Crippen LogP contribution in [0.5, 0.6) is 5.75 Å². The average molecular weight is 807 g/mol. The van der Waals surface area contributed by atoms with E-state index in [1.54, 1.807) is 39.4 Å². The number of nitrogens with two attached hydrogens (primary N) is 1. The van der Waals surface area contributed by atoms with Gasteiger partial charge in [0.05, 0.1) is 16.7 Å². The third-order valence-corrected chi connectivity index (χ3v) is 11.8. The van der Waals surface area contributed by atoms with Crippen LogP contribution in [0.15, 0.2) is 76.2 Å². The lowest BCUT2D eigenvalue weighted by molar-refractivity contribution is -0.684. The Bertz CT molecular complexity index is 2150. The minimum Gasteiger partial charge on any atom is -0.543 e. The molecule has 0 unspecified atom stereocenters. The fourth-order valence-electron chi connectivity index (χ4n) is 6.71. The van der Waals surface area contributed by atoms with Crippen LogP contribution in [0, 0.1) is 0 Å². The second-order valence-electron chi connectivity index (χ2n) is 13.3. The predicted octanol–water partition coefficient (Wildman–Crippen LogP) is 1.44. The van der Waals surface area contributed by atoms with Gasteiger partial charge < -0.3 is 41.1 Å². The van der Waals surface area contributed by atoms with Gasteiger partial charge in [0, 0.05) is 47.6 Å². The molecule has 2 atom stereocenters. The molecule has 0 bridgehead atoms. The Morgan fingerprint density at radius 2 is 1.95 bits per heavy atom. The molecule has 4 amide bonds. The van der Waals surface area contributed by atoms with Gasteiger partial charge >= 0.3 is 0 Å². The summed E-state index contributed by atoms with van der Waals surface area (Å²) in [6.07, 6.45) is 8.80. The van der Waals surface area contributed by atoms with Crippen LogP contribution in [0.4, 0.5) is 10.8 Å². The number of nitrogen functional groups attached to an aromatic ring is 1. The highest BCUT2D eigenvalue weighted by Gasteiger charge is 2.53. The van der Waals surface area contributed by atoms with Gasteiger partial charge in [-0.05, 0) is 67.5 Å². The van der Waals surface area contributed by atoms with Crippen molar-refractivity contribution in [3.05, 3.63) is 87.3 Å². The summed E-state index contributed by atoms with van der Waals surface area (Å²) in [5.74, 6) is -3.42. The Morgan fingerprint density at radius 1 is 1.18 bits per heavy atom. The largest absolute Gasteiger partial charge is 0.543 e. The summed E-state index contributed by atoms with van der Waals surface area (Å²) >= 11 is 8.29. The van der Waals surface area contributed by atoms with Crippen molar-refractivity contribution in [2.24, 2.45) is 5.16 Å². The van der Waals surface area contributed by atoms with Gasteiger partial charge in [-0.1, -0.05) is 16.8 Å². The zero-order valence-corrected chi connectivity index (χ0v) is 31.5. The molecule has 1 aromatic carbocycles. The van der Waals surface area contributed by atoms with E-state index in [4.69, 9.17) is 22.2 Å². The van der Waals surface area contributed by atoms with Crippen molar-refractivity contribution in [1.29, 1.82) is 0 Å². The molecule has 3 aromatic rings. The van der Waals surface area contributed by atoms with Gasteiger partial charge in [0.1, 0.15) is 29.0 Å². The van der Waals surface area contributed by atoms with Crippen molar-refractivity contribution in [2.75, 3.05) is 23.3 Å². The number of phenolic OH excluding ortho intramolecular Hbond substituents is 1. The number of nitrogens with zero attached hydrogens (tertiary/aromatic N) is 5. The summed E-state index contributed by atoms with van der Waals surface area (Å²) in [6, 6.07) is 6.91. The van der Waals surface area contributed by atoms with Gasteiger partial charge in [-0.25, -0.2) is 4.98 Å². The molecule has 5 N–H and O–H groups in total. The van der Waals surface area contributed by atoms with Gasteiger partial charge in [0.25, 0.3) is 17.7 Å². The summed E-state index contributed by atoms with van der Waals surface area (Å²) in [5.41, 5.74) is 7.45. The number of phenols is 1. The molecule has 0 radical (unpaired) electrons. The number of thiazole rings is 1. The van der Waals surface area contributed by atoms with E-state index in [1.807, 2.05) is 0 Å². The zero-order valence-electron chi connectivity index (χ0n) is 29.1. The number of aromatic nitrogens is 2. The lowest BCUT2D eigenvalue weighted by Gasteiger charge is -2.50. The van der Waals surface area contributed by atoms with E-state index in [0.29, 0.717) is 24.2 Å². The number of anilines is 2. The molecule has 19 heteroatoms. The molecule has 3 aliphatic heterocycles. The molecule has 286 valence electrons. The fourth-order valence-corrected chi connectivity index (χ4v) is 8.74. The third-order valence-electron chi connectivity index (χ3n) is 9.51. The standard InChI is InChI=1S/C36H35ClN8O8S2/c37-24-14-22(5-6-26(24)46)39-27(47)16-43-10-7-19(8-11-43)15-44-12-9-20(32(44)49)13-21-17-54-34-29(33(50)45(34)30(21)35(51)52)41-31(48)28(25-18-55-36(38)40-25)42-53-23-3-1-2-4-23/h5-8,10-11,13-14,18,23,29,34H,1-4,9,12,15-17H2,(H5-,38,39,40,41,42,46,47,48,51,52)/t29-,34-/m1/s1. The topological polar surface area (TPSA) is 224 Å². The Morgan fingerprint density at radius 3 is 2.64 bits per heavy atom. The number of allylic oxidation sites excluding steroid dienone is 1. The molecule has 5 heterocycles. The molecule has 16 nitrogen and oxygen atoms in total. The summed E-state index contributed by atoms with van der Waals surface area (Å²) in [5, 5.41) is 32.7. The number of pyridine rings is 1. The fraction of sp³-hybridized carbons (Fsp3) is 0.333. The molecule has 1 saturated carbocycles. The van der Waals surface area contributed by atoms with Gasteiger partial charge in [0.15, 0.2) is 23.2 Å². The number of hydrogen-bond acceptors (Lipinski definition) is 13. The van der Waals surface area contributed by atoms with E-state index in [-0.39, 0.29) is 75.3 Å². The number of carbonyl (C=O) groups is 5. The number of hydrogen-bond donors (Lipinski definition) is 4. The van der Waals surface area contributed by atoms with E-state index >= 15 is 0 Å². The number of amides is 4. The quantitative estimate of drug-likeness (QED) is 0.0512. The molecule has 7 rings (SSSR count). The average Bonchev–Trinajstić information content (AvgIpc) is 3.92. The van der Waals surface area contributed by atoms with E-state index in [1.165, 1.54) is 36.0 Å². The van der Waals surface area contributed by atoms with E-state index in [9.17, 15) is 34.2 Å². The van der Waals surface area contributed by atoms with E-state index in [0.717, 1.165) is 47.5 Å². The van der Waals surface area contributed by atoms with Gasteiger partial charge in [-0.15, -0.1) is 23.1 Å². The first kappa shape index (κ1) is 37.8. The Labute approximate surface area is 327 Å². The Hall–Kier alpha value is -5.46. The second kappa shape index (κ2) is 16.1. The number of β-lactam (4-membered cyclic amide) rings is 1. The number of carboxylic acids is 1.